The minimum absolute atomic E-state index is 0.187. The van der Waals surface area contributed by atoms with Crippen LogP contribution in [0.1, 0.15) is 0 Å². The van der Waals surface area contributed by atoms with Gasteiger partial charge in [-0.1, -0.05) is 66.8 Å². The van der Waals surface area contributed by atoms with E-state index in [4.69, 9.17) is 4.99 Å². The van der Waals surface area contributed by atoms with Gasteiger partial charge in [0, 0.05) is 10.8 Å². The number of fused-ring (bicyclic) bond motifs is 2. The second-order valence-corrected chi connectivity index (χ2v) is 5.61. The number of allylic oxidation sites excluding steroid dienone is 11. The Hall–Kier alpha value is -2.67. The van der Waals surface area contributed by atoms with Crippen LogP contribution in [0.5, 0.6) is 0 Å². The maximum Gasteiger partial charge on any atom is 0.0770 e. The highest BCUT2D eigenvalue weighted by Gasteiger charge is 2.39. The van der Waals surface area contributed by atoms with Gasteiger partial charge in [-0.25, -0.2) is 4.99 Å². The van der Waals surface area contributed by atoms with Crippen molar-refractivity contribution in [3.05, 3.63) is 106 Å². The predicted octanol–water partition coefficient (Wildman–Crippen LogP) is 2.71. The van der Waals surface area contributed by atoms with Crippen LogP contribution in [0.25, 0.3) is 5.57 Å². The first-order valence-electron chi connectivity index (χ1n) is 7.18. The molecule has 1 heteroatoms. The molecular formula is C20H12N. The van der Waals surface area contributed by atoms with E-state index < -0.39 is 0 Å². The predicted molar refractivity (Wildman–Crippen MR) is 83.4 cm³/mol. The van der Waals surface area contributed by atoms with Gasteiger partial charge in [0.05, 0.1) is 16.5 Å². The molecule has 1 spiro atoms. The number of benzene rings is 1. The lowest BCUT2D eigenvalue weighted by Gasteiger charge is -2.37. The number of rotatable bonds is 0. The van der Waals surface area contributed by atoms with Crippen LogP contribution in [0.3, 0.4) is 0 Å². The number of nitrogens with zero attached hydrogens (tertiary/aromatic N) is 1. The molecule has 1 atom stereocenters. The highest BCUT2D eigenvalue weighted by Crippen LogP contribution is 2.50. The van der Waals surface area contributed by atoms with E-state index >= 15 is 0 Å². The molecule has 0 aromatic heterocycles. The van der Waals surface area contributed by atoms with E-state index in [1.54, 1.807) is 0 Å². The third-order valence-corrected chi connectivity index (χ3v) is 4.51. The first kappa shape index (κ1) is 11.0. The quantitative estimate of drug-likeness (QED) is 0.684. The fourth-order valence-corrected chi connectivity index (χ4v) is 3.52. The van der Waals surface area contributed by atoms with Crippen molar-refractivity contribution in [1.82, 2.24) is 0 Å². The van der Waals surface area contributed by atoms with Crippen molar-refractivity contribution in [1.29, 1.82) is 0 Å². The molecule has 0 amide bonds. The zero-order valence-corrected chi connectivity index (χ0v) is 11.4. The van der Waals surface area contributed by atoms with Crippen molar-refractivity contribution in [3.8, 4) is 0 Å². The summed E-state index contributed by atoms with van der Waals surface area (Å²) in [5.74, 6) is 0. The number of para-hydroxylation sites is 1. The van der Waals surface area contributed by atoms with Crippen LogP contribution >= 0.6 is 0 Å². The molecule has 0 fully saturated rings. The maximum absolute atomic E-state index is 4.87. The summed E-state index contributed by atoms with van der Waals surface area (Å²) < 4.78 is 0. The molecule has 97 valence electrons. The van der Waals surface area contributed by atoms with Crippen molar-refractivity contribution in [2.24, 2.45) is 10.4 Å². The monoisotopic (exact) mass is 266 g/mol. The number of hydrogen-bond acceptors (Lipinski definition) is 1. The van der Waals surface area contributed by atoms with Crippen molar-refractivity contribution in [2.45, 2.75) is 0 Å². The van der Waals surface area contributed by atoms with Gasteiger partial charge in [-0.15, -0.1) is 0 Å². The van der Waals surface area contributed by atoms with E-state index in [1.165, 1.54) is 16.4 Å². The minimum Gasteiger partial charge on any atom is -0.247 e. The minimum atomic E-state index is -0.187. The summed E-state index contributed by atoms with van der Waals surface area (Å²) in [6.07, 6.45) is 20.9. The maximum atomic E-state index is 4.87. The summed E-state index contributed by atoms with van der Waals surface area (Å²) in [6.45, 7) is 0. The molecule has 1 radical (unpaired) electrons. The Balaban J connectivity index is 1.96. The van der Waals surface area contributed by atoms with Crippen molar-refractivity contribution in [3.63, 3.8) is 0 Å². The topological polar surface area (TPSA) is 12.4 Å². The zero-order chi connectivity index (χ0) is 13.9. The van der Waals surface area contributed by atoms with Crippen molar-refractivity contribution >= 4 is 5.57 Å². The average Bonchev–Trinajstić information content (AvgIpc) is 2.91. The molecule has 1 aliphatic heterocycles. The van der Waals surface area contributed by atoms with Gasteiger partial charge in [0.2, 0.25) is 0 Å². The Morgan fingerprint density at radius 3 is 2.62 bits per heavy atom. The third-order valence-electron chi connectivity index (χ3n) is 4.51. The zero-order valence-electron chi connectivity index (χ0n) is 11.4. The van der Waals surface area contributed by atoms with E-state index in [1.807, 2.05) is 6.07 Å². The number of hydrogen-bond donors (Lipinski definition) is 0. The van der Waals surface area contributed by atoms with Crippen LogP contribution in [-0.4, -0.2) is 0 Å². The van der Waals surface area contributed by atoms with Gasteiger partial charge in [0.15, 0.2) is 0 Å². The van der Waals surface area contributed by atoms with Gasteiger partial charge in [0.1, 0.15) is 0 Å². The first-order valence-corrected chi connectivity index (χ1v) is 7.18. The molecule has 1 heterocycles. The molecule has 5 rings (SSSR count). The van der Waals surface area contributed by atoms with Gasteiger partial charge < -0.3 is 0 Å². The lowest BCUT2D eigenvalue weighted by molar-refractivity contribution is 0.708. The highest BCUT2D eigenvalue weighted by molar-refractivity contribution is 5.81. The van der Waals surface area contributed by atoms with E-state index in [0.29, 0.717) is 0 Å². The second kappa shape index (κ2) is 3.70. The molecule has 0 bridgehead atoms. The molecule has 0 saturated carbocycles. The van der Waals surface area contributed by atoms with Crippen LogP contribution in [0, 0.1) is 11.5 Å². The summed E-state index contributed by atoms with van der Waals surface area (Å²) in [6, 6.07) is 8.31. The molecular weight excluding hydrogens is 254 g/mol. The van der Waals surface area contributed by atoms with E-state index in [9.17, 15) is 0 Å². The molecule has 1 unspecified atom stereocenters. The largest absolute Gasteiger partial charge is 0.247 e. The Kier molecular flexibility index (Phi) is 1.95. The summed E-state index contributed by atoms with van der Waals surface area (Å²) in [5.41, 5.74) is 4.47. The van der Waals surface area contributed by atoms with Crippen molar-refractivity contribution < 1.29 is 0 Å². The van der Waals surface area contributed by atoms with E-state index in [0.717, 1.165) is 16.6 Å². The smallest absolute Gasteiger partial charge is 0.0770 e. The second-order valence-electron chi connectivity index (χ2n) is 5.61. The standard InChI is InChI=1S/C20H12N/c1-2-10-18-15(8-1)16-13-14-7-3-5-11-20(14)12-6-4-9-17(20)19(16)21-18/h1-12H. The van der Waals surface area contributed by atoms with Gasteiger partial charge in [-0.05, 0) is 23.3 Å². The fraction of sp³-hybridized carbons (Fsp3) is 0.0500. The molecule has 0 saturated heterocycles. The SMILES string of the molecule is [C]1=C2C=CC=CC23C=CC=CC3=C2N=c3ccccc3=C12. The first-order chi connectivity index (χ1) is 10.4. The Morgan fingerprint density at radius 2 is 1.71 bits per heavy atom. The van der Waals surface area contributed by atoms with Gasteiger partial charge in [0.25, 0.3) is 0 Å². The highest BCUT2D eigenvalue weighted by atomic mass is 14.8. The molecule has 0 N–H and O–H groups in total. The van der Waals surface area contributed by atoms with Gasteiger partial charge >= 0.3 is 0 Å². The summed E-state index contributed by atoms with van der Waals surface area (Å²) in [5, 5.41) is 2.24. The van der Waals surface area contributed by atoms with Crippen LogP contribution in [0.2, 0.25) is 0 Å². The van der Waals surface area contributed by atoms with Crippen LogP contribution < -0.4 is 10.6 Å². The van der Waals surface area contributed by atoms with E-state index in [2.05, 4.69) is 72.9 Å². The summed E-state index contributed by atoms with van der Waals surface area (Å²) in [7, 11) is 0. The Morgan fingerprint density at radius 1 is 0.905 bits per heavy atom. The summed E-state index contributed by atoms with van der Waals surface area (Å²) in [4.78, 5) is 4.87. The molecule has 21 heavy (non-hydrogen) atoms. The normalized spacial score (nSPS) is 26.9. The lowest BCUT2D eigenvalue weighted by Crippen LogP contribution is -2.28. The third kappa shape index (κ3) is 1.28. The molecule has 4 aliphatic rings. The molecule has 1 aromatic carbocycles. The van der Waals surface area contributed by atoms with Gasteiger partial charge in [-0.2, -0.15) is 0 Å². The Bertz CT molecular complexity index is 967. The Labute approximate surface area is 123 Å². The average molecular weight is 266 g/mol. The fourth-order valence-electron chi connectivity index (χ4n) is 3.52. The van der Waals surface area contributed by atoms with Crippen LogP contribution in [0.15, 0.2) is 94.7 Å². The van der Waals surface area contributed by atoms with Gasteiger partial charge in [-0.3, -0.25) is 0 Å². The van der Waals surface area contributed by atoms with E-state index in [-0.39, 0.29) is 5.41 Å². The van der Waals surface area contributed by atoms with Crippen LogP contribution in [-0.2, 0) is 0 Å². The lowest BCUT2D eigenvalue weighted by atomic mass is 9.65. The molecule has 1 nitrogen and oxygen atoms in total. The molecule has 3 aliphatic carbocycles. The molecule has 1 aromatic rings. The van der Waals surface area contributed by atoms with Crippen LogP contribution in [0.4, 0.5) is 0 Å². The summed E-state index contributed by atoms with van der Waals surface area (Å²) >= 11 is 0. The van der Waals surface area contributed by atoms with Crippen molar-refractivity contribution in [2.75, 3.05) is 0 Å².